The minimum atomic E-state index is -0.305. The zero-order chi connectivity index (χ0) is 15.3. The predicted octanol–water partition coefficient (Wildman–Crippen LogP) is 4.41. The zero-order valence-electron chi connectivity index (χ0n) is 13.4. The summed E-state index contributed by atoms with van der Waals surface area (Å²) < 4.78 is 4.82. The van der Waals surface area contributed by atoms with Crippen LogP contribution in [0.15, 0.2) is 24.3 Å². The van der Waals surface area contributed by atoms with Crippen LogP contribution in [0, 0.1) is 0 Å². The molecule has 1 aromatic rings. The van der Waals surface area contributed by atoms with Crippen LogP contribution < -0.4 is 11.5 Å². The number of carbonyl (C=O) groups is 2. The van der Waals surface area contributed by atoms with Gasteiger partial charge in [0.25, 0.3) is 0 Å². The molecule has 1 rings (SSSR count). The van der Waals surface area contributed by atoms with Crippen LogP contribution in [0.25, 0.3) is 0 Å². The molecule has 4 N–H and O–H groups in total. The second-order valence-electron chi connectivity index (χ2n) is 3.16. The number of anilines is 1. The van der Waals surface area contributed by atoms with Crippen molar-refractivity contribution in [3.05, 3.63) is 29.8 Å². The Kier molecular flexibility index (Phi) is 17.6. The van der Waals surface area contributed by atoms with Crippen LogP contribution >= 0.6 is 0 Å². The molecule has 0 saturated heterocycles. The zero-order valence-corrected chi connectivity index (χ0v) is 13.4. The fraction of sp³-hybridized carbons (Fsp3) is 0.467. The number of amides is 1. The maximum atomic E-state index is 10.7. The molecule has 0 fully saturated rings. The number of hydrogen-bond acceptors (Lipinski definition) is 4. The number of hydrogen-bond donors (Lipinski definition) is 2. The summed E-state index contributed by atoms with van der Waals surface area (Å²) in [6, 6.07) is 7.13. The van der Waals surface area contributed by atoms with Crippen molar-refractivity contribution in [1.82, 2.24) is 6.15 Å². The maximum Gasteiger partial charge on any atom is 0.302 e. The Hall–Kier alpha value is -1.88. The topological polar surface area (TPSA) is 90.4 Å². The summed E-state index contributed by atoms with van der Waals surface area (Å²) in [5.41, 5.74) is 1.62. The van der Waals surface area contributed by atoms with E-state index in [0.29, 0.717) is 0 Å². The lowest BCUT2D eigenvalue weighted by atomic mass is 10.2. The first-order valence-corrected chi connectivity index (χ1v) is 6.58. The number of esters is 1. The molecule has 5 nitrogen and oxygen atoms in total. The second-order valence-corrected chi connectivity index (χ2v) is 3.16. The van der Waals surface area contributed by atoms with Crippen LogP contribution in [0.1, 0.15) is 50.0 Å². The summed E-state index contributed by atoms with van der Waals surface area (Å²) in [6.45, 7) is 11.1. The van der Waals surface area contributed by atoms with Gasteiger partial charge in [-0.3, -0.25) is 9.59 Å². The Morgan fingerprint density at radius 2 is 1.50 bits per heavy atom. The highest BCUT2D eigenvalue weighted by Crippen LogP contribution is 2.10. The smallest absolute Gasteiger partial charge is 0.302 e. The van der Waals surface area contributed by atoms with Crippen LogP contribution in [0.4, 0.5) is 5.69 Å². The van der Waals surface area contributed by atoms with Gasteiger partial charge in [0.2, 0.25) is 5.91 Å². The van der Waals surface area contributed by atoms with Gasteiger partial charge in [0.05, 0.1) is 0 Å². The largest absolute Gasteiger partial charge is 0.461 e. The number of ether oxygens (including phenoxy) is 1. The first kappa shape index (κ1) is 23.2. The Labute approximate surface area is 125 Å². The molecule has 0 saturated carbocycles. The maximum absolute atomic E-state index is 10.7. The lowest BCUT2D eigenvalue weighted by molar-refractivity contribution is -0.142. The summed E-state index contributed by atoms with van der Waals surface area (Å²) in [5.74, 6) is -0.413. The van der Waals surface area contributed by atoms with E-state index < -0.39 is 0 Å². The summed E-state index contributed by atoms with van der Waals surface area (Å²) in [6.07, 6.45) is 0. The summed E-state index contributed by atoms with van der Waals surface area (Å²) >= 11 is 0. The van der Waals surface area contributed by atoms with E-state index in [1.807, 2.05) is 27.7 Å². The molecule has 1 amide bonds. The SMILES string of the molecule is CC.CC.CC(=O)Nc1ccc(COC(C)=O)cc1.N.[HH].[HH]. The van der Waals surface area contributed by atoms with E-state index in [2.05, 4.69) is 5.32 Å². The fourth-order valence-electron chi connectivity index (χ4n) is 1.07. The Bertz CT molecular complexity index is 372. The van der Waals surface area contributed by atoms with Gasteiger partial charge in [-0.15, -0.1) is 0 Å². The molecule has 0 heterocycles. The van der Waals surface area contributed by atoms with E-state index in [-0.39, 0.29) is 27.5 Å². The average Bonchev–Trinajstić information content (AvgIpc) is 2.42. The van der Waals surface area contributed by atoms with E-state index in [1.54, 1.807) is 24.3 Å². The number of nitrogens with one attached hydrogen (secondary N) is 1. The minimum Gasteiger partial charge on any atom is -0.461 e. The van der Waals surface area contributed by atoms with Crippen molar-refractivity contribution in [2.45, 2.75) is 48.1 Å². The van der Waals surface area contributed by atoms with E-state index in [0.717, 1.165) is 11.3 Å². The normalized spacial score (nSPS) is 7.70. The average molecular weight is 288 g/mol. The molecule has 0 spiro atoms. The van der Waals surface area contributed by atoms with Gasteiger partial charge in [0, 0.05) is 22.4 Å². The van der Waals surface area contributed by atoms with Gasteiger partial charge in [-0.25, -0.2) is 0 Å². The molecule has 20 heavy (non-hydrogen) atoms. The van der Waals surface area contributed by atoms with Gasteiger partial charge in [-0.1, -0.05) is 39.8 Å². The van der Waals surface area contributed by atoms with Crippen molar-refractivity contribution < 1.29 is 17.2 Å². The molecule has 0 radical (unpaired) electrons. The van der Waals surface area contributed by atoms with E-state index in [9.17, 15) is 9.59 Å². The molecule has 0 aliphatic carbocycles. The van der Waals surface area contributed by atoms with Crippen molar-refractivity contribution in [3.8, 4) is 0 Å². The molecule has 0 atom stereocenters. The Balaban J connectivity index is -0.000000127. The summed E-state index contributed by atoms with van der Waals surface area (Å²) in [4.78, 5) is 21.3. The minimum absolute atomic E-state index is 0. The molecule has 0 bridgehead atoms. The molecular weight excluding hydrogens is 256 g/mol. The van der Waals surface area contributed by atoms with Gasteiger partial charge in [-0.2, -0.15) is 0 Å². The first-order valence-electron chi connectivity index (χ1n) is 6.58. The molecule has 1 aromatic carbocycles. The molecule has 0 aliphatic rings. The lowest BCUT2D eigenvalue weighted by Gasteiger charge is -2.04. The van der Waals surface area contributed by atoms with E-state index >= 15 is 0 Å². The van der Waals surface area contributed by atoms with Crippen LogP contribution in [0.3, 0.4) is 0 Å². The van der Waals surface area contributed by atoms with Crippen molar-refractivity contribution >= 4 is 17.6 Å². The summed E-state index contributed by atoms with van der Waals surface area (Å²) in [5, 5.41) is 2.65. The number of benzene rings is 1. The quantitative estimate of drug-likeness (QED) is 0.806. The van der Waals surface area contributed by atoms with Crippen molar-refractivity contribution in [1.29, 1.82) is 0 Å². The molecule has 120 valence electrons. The third-order valence-corrected chi connectivity index (χ3v) is 1.72. The van der Waals surface area contributed by atoms with E-state index in [1.165, 1.54) is 13.8 Å². The Morgan fingerprint density at radius 1 is 1.05 bits per heavy atom. The lowest BCUT2D eigenvalue weighted by Crippen LogP contribution is -2.05. The van der Waals surface area contributed by atoms with Gasteiger partial charge < -0.3 is 16.2 Å². The van der Waals surface area contributed by atoms with Crippen LogP contribution in [-0.2, 0) is 20.9 Å². The predicted molar refractivity (Wildman–Crippen MR) is 88.2 cm³/mol. The summed E-state index contributed by atoms with van der Waals surface area (Å²) in [7, 11) is 0. The van der Waals surface area contributed by atoms with Crippen molar-refractivity contribution in [3.63, 3.8) is 0 Å². The van der Waals surface area contributed by atoms with Gasteiger partial charge in [0.15, 0.2) is 0 Å². The number of carbonyl (C=O) groups excluding carboxylic acids is 2. The Morgan fingerprint density at radius 3 is 1.85 bits per heavy atom. The number of rotatable bonds is 3. The third-order valence-electron chi connectivity index (χ3n) is 1.72. The van der Waals surface area contributed by atoms with E-state index in [4.69, 9.17) is 4.74 Å². The fourth-order valence-corrected chi connectivity index (χ4v) is 1.07. The molecule has 0 aliphatic heterocycles. The molecular formula is C15H32N2O3. The van der Waals surface area contributed by atoms with Gasteiger partial charge >= 0.3 is 5.97 Å². The highest BCUT2D eigenvalue weighted by molar-refractivity contribution is 5.88. The van der Waals surface area contributed by atoms with Crippen molar-refractivity contribution in [2.24, 2.45) is 0 Å². The van der Waals surface area contributed by atoms with Gasteiger partial charge in [0.1, 0.15) is 6.61 Å². The molecule has 0 unspecified atom stereocenters. The first-order chi connectivity index (χ1) is 9.08. The molecule has 5 heteroatoms. The van der Waals surface area contributed by atoms with Crippen molar-refractivity contribution in [2.75, 3.05) is 5.32 Å². The monoisotopic (exact) mass is 288 g/mol. The molecule has 0 aromatic heterocycles. The van der Waals surface area contributed by atoms with Crippen LogP contribution in [0.5, 0.6) is 0 Å². The van der Waals surface area contributed by atoms with Gasteiger partial charge in [-0.05, 0) is 17.7 Å². The highest BCUT2D eigenvalue weighted by atomic mass is 16.5. The standard InChI is InChI=1S/C11H13NO3.2C2H6.H3N.2H2/c1-8(13)12-11-5-3-10(4-6-11)7-15-9(2)14;2*1-2;;;/h3-6H,7H2,1-2H3,(H,12,13);2*1-2H3;1H3;2*1H. The van der Waals surface area contributed by atoms with Crippen LogP contribution in [-0.4, -0.2) is 11.9 Å². The third kappa shape index (κ3) is 12.6. The second kappa shape index (κ2) is 15.2. The van der Waals surface area contributed by atoms with Crippen LogP contribution in [0.2, 0.25) is 0 Å². The highest BCUT2D eigenvalue weighted by Gasteiger charge is 1.98.